The number of nitrogens with one attached hydrogen (secondary N) is 1. The van der Waals surface area contributed by atoms with Gasteiger partial charge in [-0.1, -0.05) is 26.2 Å². The molecule has 0 bridgehead atoms. The van der Waals surface area contributed by atoms with E-state index in [2.05, 4.69) is 5.32 Å². The van der Waals surface area contributed by atoms with E-state index in [0.717, 1.165) is 12.5 Å². The summed E-state index contributed by atoms with van der Waals surface area (Å²) in [6.45, 7) is 3.55. The highest BCUT2D eigenvalue weighted by molar-refractivity contribution is 5.80. The summed E-state index contributed by atoms with van der Waals surface area (Å²) < 4.78 is 0. The second-order valence-corrected chi connectivity index (χ2v) is 4.03. The molecule has 0 spiro atoms. The molecule has 13 heavy (non-hydrogen) atoms. The molecule has 0 atom stereocenters. The zero-order chi connectivity index (χ0) is 9.52. The van der Waals surface area contributed by atoms with Gasteiger partial charge in [-0.15, -0.1) is 0 Å². The molecule has 2 heteroatoms. The smallest absolute Gasteiger partial charge is 0.146 e. The molecule has 0 aromatic heterocycles. The highest BCUT2D eigenvalue weighted by atomic mass is 16.1. The van der Waals surface area contributed by atoms with Gasteiger partial charge in [0, 0.05) is 6.42 Å². The predicted molar refractivity (Wildman–Crippen MR) is 54.7 cm³/mol. The molecule has 0 aromatic rings. The fraction of sp³-hybridized carbons (Fsp3) is 0.909. The van der Waals surface area contributed by atoms with Gasteiger partial charge >= 0.3 is 0 Å². The van der Waals surface area contributed by atoms with E-state index in [4.69, 9.17) is 0 Å². The van der Waals surface area contributed by atoms with Crippen molar-refractivity contribution in [3.63, 3.8) is 0 Å². The fourth-order valence-electron chi connectivity index (χ4n) is 1.93. The van der Waals surface area contributed by atoms with Crippen LogP contribution < -0.4 is 5.32 Å². The SMILES string of the molecule is CCC(=O)CNCC1CCCCC1. The average molecular weight is 183 g/mol. The van der Waals surface area contributed by atoms with Gasteiger partial charge in [-0.3, -0.25) is 4.79 Å². The molecule has 1 saturated carbocycles. The van der Waals surface area contributed by atoms with Crippen LogP contribution in [0.2, 0.25) is 0 Å². The zero-order valence-corrected chi connectivity index (χ0v) is 8.64. The third-order valence-electron chi connectivity index (χ3n) is 2.87. The molecule has 1 aliphatic rings. The van der Waals surface area contributed by atoms with Gasteiger partial charge in [-0.2, -0.15) is 0 Å². The first-order valence-electron chi connectivity index (χ1n) is 5.55. The first-order chi connectivity index (χ1) is 6.33. The third kappa shape index (κ3) is 4.41. The van der Waals surface area contributed by atoms with Gasteiger partial charge in [0.1, 0.15) is 5.78 Å². The Bertz CT molecular complexity index is 150. The highest BCUT2D eigenvalue weighted by Gasteiger charge is 2.12. The number of rotatable bonds is 5. The second kappa shape index (κ2) is 6.14. The molecule has 0 amide bonds. The summed E-state index contributed by atoms with van der Waals surface area (Å²) in [6.07, 6.45) is 7.55. The molecule has 0 radical (unpaired) electrons. The predicted octanol–water partition coefficient (Wildman–Crippen LogP) is 2.14. The lowest BCUT2D eigenvalue weighted by atomic mass is 9.89. The van der Waals surface area contributed by atoms with Crippen molar-refractivity contribution in [3.05, 3.63) is 0 Å². The molecule has 1 N–H and O–H groups in total. The van der Waals surface area contributed by atoms with E-state index >= 15 is 0 Å². The van der Waals surface area contributed by atoms with E-state index in [1.165, 1.54) is 32.1 Å². The summed E-state index contributed by atoms with van der Waals surface area (Å²) in [7, 11) is 0. The number of Topliss-reactive ketones (excluding diaryl/α,β-unsaturated/α-hetero) is 1. The molecule has 1 aliphatic carbocycles. The van der Waals surface area contributed by atoms with Gasteiger partial charge in [0.05, 0.1) is 6.54 Å². The molecule has 76 valence electrons. The van der Waals surface area contributed by atoms with E-state index in [1.54, 1.807) is 0 Å². The summed E-state index contributed by atoms with van der Waals surface area (Å²) in [6, 6.07) is 0. The Hall–Kier alpha value is -0.370. The Morgan fingerprint density at radius 1 is 1.31 bits per heavy atom. The van der Waals surface area contributed by atoms with Crippen LogP contribution in [0.25, 0.3) is 0 Å². The Labute approximate surface area is 81.1 Å². The van der Waals surface area contributed by atoms with E-state index in [1.807, 2.05) is 6.92 Å². The van der Waals surface area contributed by atoms with Crippen LogP contribution in [0.3, 0.4) is 0 Å². The minimum absolute atomic E-state index is 0.329. The maximum atomic E-state index is 11.0. The zero-order valence-electron chi connectivity index (χ0n) is 8.64. The van der Waals surface area contributed by atoms with Crippen molar-refractivity contribution in [1.82, 2.24) is 5.32 Å². The quantitative estimate of drug-likeness (QED) is 0.707. The molecule has 0 heterocycles. The van der Waals surface area contributed by atoms with Crippen LogP contribution in [0.5, 0.6) is 0 Å². The Balaban J connectivity index is 2.01. The summed E-state index contributed by atoms with van der Waals surface area (Å²) in [5.74, 6) is 1.16. The van der Waals surface area contributed by atoms with Crippen molar-refractivity contribution in [2.45, 2.75) is 45.4 Å². The van der Waals surface area contributed by atoms with E-state index in [0.29, 0.717) is 18.7 Å². The normalized spacial score (nSPS) is 18.8. The molecule has 0 aromatic carbocycles. The van der Waals surface area contributed by atoms with Crippen molar-refractivity contribution in [2.75, 3.05) is 13.1 Å². The molecule has 1 fully saturated rings. The maximum Gasteiger partial charge on any atom is 0.146 e. The highest BCUT2D eigenvalue weighted by Crippen LogP contribution is 2.22. The topological polar surface area (TPSA) is 29.1 Å². The number of hydrogen-bond donors (Lipinski definition) is 1. The summed E-state index contributed by atoms with van der Waals surface area (Å²) in [5, 5.41) is 3.26. The molecule has 0 aliphatic heterocycles. The van der Waals surface area contributed by atoms with Gasteiger partial charge in [0.25, 0.3) is 0 Å². The average Bonchev–Trinajstić information content (AvgIpc) is 2.19. The Morgan fingerprint density at radius 2 is 2.00 bits per heavy atom. The van der Waals surface area contributed by atoms with Gasteiger partial charge in [0.15, 0.2) is 0 Å². The van der Waals surface area contributed by atoms with Crippen molar-refractivity contribution in [1.29, 1.82) is 0 Å². The molecule has 0 unspecified atom stereocenters. The summed E-state index contributed by atoms with van der Waals surface area (Å²) in [5.41, 5.74) is 0. The Kier molecular flexibility index (Phi) is 5.06. The fourth-order valence-corrected chi connectivity index (χ4v) is 1.93. The summed E-state index contributed by atoms with van der Waals surface area (Å²) in [4.78, 5) is 11.0. The first-order valence-corrected chi connectivity index (χ1v) is 5.55. The first kappa shape index (κ1) is 10.7. The largest absolute Gasteiger partial charge is 0.310 e. The molecule has 1 rings (SSSR count). The van der Waals surface area contributed by atoms with Gasteiger partial charge in [0.2, 0.25) is 0 Å². The number of ketones is 1. The van der Waals surface area contributed by atoms with Crippen molar-refractivity contribution >= 4 is 5.78 Å². The minimum Gasteiger partial charge on any atom is -0.310 e. The van der Waals surface area contributed by atoms with Crippen LogP contribution in [0, 0.1) is 5.92 Å². The van der Waals surface area contributed by atoms with Crippen LogP contribution in [0.4, 0.5) is 0 Å². The third-order valence-corrected chi connectivity index (χ3v) is 2.87. The van der Waals surface area contributed by atoms with Gasteiger partial charge < -0.3 is 5.32 Å². The van der Waals surface area contributed by atoms with E-state index in [-0.39, 0.29) is 0 Å². The standard InChI is InChI=1S/C11H21NO/c1-2-11(13)9-12-8-10-6-4-3-5-7-10/h10,12H,2-9H2,1H3. The van der Waals surface area contributed by atoms with Crippen LogP contribution in [-0.2, 0) is 4.79 Å². The Morgan fingerprint density at radius 3 is 2.62 bits per heavy atom. The monoisotopic (exact) mass is 183 g/mol. The summed E-state index contributed by atoms with van der Waals surface area (Å²) >= 11 is 0. The van der Waals surface area contributed by atoms with Crippen LogP contribution in [0.15, 0.2) is 0 Å². The molecular formula is C11H21NO. The lowest BCUT2D eigenvalue weighted by Gasteiger charge is -2.21. The van der Waals surface area contributed by atoms with Crippen molar-refractivity contribution in [2.24, 2.45) is 5.92 Å². The van der Waals surface area contributed by atoms with E-state index < -0.39 is 0 Å². The number of carbonyl (C=O) groups is 1. The van der Waals surface area contributed by atoms with Gasteiger partial charge in [-0.25, -0.2) is 0 Å². The maximum absolute atomic E-state index is 11.0. The van der Waals surface area contributed by atoms with Gasteiger partial charge in [-0.05, 0) is 25.3 Å². The van der Waals surface area contributed by atoms with Crippen LogP contribution in [-0.4, -0.2) is 18.9 Å². The lowest BCUT2D eigenvalue weighted by Crippen LogP contribution is -2.29. The number of carbonyl (C=O) groups excluding carboxylic acids is 1. The van der Waals surface area contributed by atoms with Crippen molar-refractivity contribution in [3.8, 4) is 0 Å². The van der Waals surface area contributed by atoms with Crippen LogP contribution in [0.1, 0.15) is 45.4 Å². The molecule has 0 saturated heterocycles. The number of hydrogen-bond acceptors (Lipinski definition) is 2. The minimum atomic E-state index is 0.329. The lowest BCUT2D eigenvalue weighted by molar-refractivity contribution is -0.117. The van der Waals surface area contributed by atoms with Crippen LogP contribution >= 0.6 is 0 Å². The molecule has 2 nitrogen and oxygen atoms in total. The van der Waals surface area contributed by atoms with Crippen molar-refractivity contribution < 1.29 is 4.79 Å². The second-order valence-electron chi connectivity index (χ2n) is 4.03. The van der Waals surface area contributed by atoms with E-state index in [9.17, 15) is 4.79 Å². The molecular weight excluding hydrogens is 162 g/mol.